The molecule has 0 bridgehead atoms. The van der Waals surface area contributed by atoms with Crippen molar-refractivity contribution in [3.63, 3.8) is 0 Å². The molecule has 40 heavy (non-hydrogen) atoms. The van der Waals surface area contributed by atoms with Crippen LogP contribution < -0.4 is 18.9 Å². The first-order chi connectivity index (χ1) is 19.5. The third kappa shape index (κ3) is 10.5. The second-order valence-corrected chi connectivity index (χ2v) is 8.55. The number of unbranched alkanes of at least 4 members (excludes halogenated alkanes) is 3. The number of carbonyl (C=O) groups excluding carboxylic acids is 3. The maximum Gasteiger partial charge on any atom is 0.343 e. The van der Waals surface area contributed by atoms with E-state index >= 15 is 0 Å². The van der Waals surface area contributed by atoms with Crippen LogP contribution in [-0.2, 0) is 14.3 Å². The molecule has 0 saturated heterocycles. The Balaban J connectivity index is 1.37. The molecule has 0 radical (unpaired) electrons. The molecule has 0 aliphatic heterocycles. The van der Waals surface area contributed by atoms with Gasteiger partial charge in [0.05, 0.1) is 25.9 Å². The summed E-state index contributed by atoms with van der Waals surface area (Å²) >= 11 is 0. The van der Waals surface area contributed by atoms with E-state index in [0.29, 0.717) is 36.0 Å². The fourth-order valence-corrected chi connectivity index (χ4v) is 3.44. The van der Waals surface area contributed by atoms with Crippen molar-refractivity contribution >= 4 is 24.0 Å². The van der Waals surface area contributed by atoms with Crippen LogP contribution in [0.1, 0.15) is 41.6 Å². The van der Waals surface area contributed by atoms with E-state index in [2.05, 4.69) is 6.58 Å². The molecule has 0 amide bonds. The van der Waals surface area contributed by atoms with Crippen molar-refractivity contribution in [2.75, 3.05) is 20.3 Å². The van der Waals surface area contributed by atoms with Gasteiger partial charge in [0.1, 0.15) is 23.0 Å². The lowest BCUT2D eigenvalue weighted by atomic mass is 10.2. The highest BCUT2D eigenvalue weighted by molar-refractivity contribution is 5.91. The first-order valence-corrected chi connectivity index (χ1v) is 12.8. The van der Waals surface area contributed by atoms with Gasteiger partial charge in [-0.25, -0.2) is 14.4 Å². The highest BCUT2D eigenvalue weighted by Crippen LogP contribution is 2.20. The molecule has 3 aromatic carbocycles. The zero-order chi connectivity index (χ0) is 28.6. The normalized spacial score (nSPS) is 10.5. The summed E-state index contributed by atoms with van der Waals surface area (Å²) in [5.41, 5.74) is 1.21. The van der Waals surface area contributed by atoms with Crippen LogP contribution in [0.5, 0.6) is 23.0 Å². The molecule has 8 heteroatoms. The lowest BCUT2D eigenvalue weighted by molar-refractivity contribution is -0.137. The molecule has 0 heterocycles. The average molecular weight is 545 g/mol. The van der Waals surface area contributed by atoms with Crippen LogP contribution in [0.25, 0.3) is 6.08 Å². The van der Waals surface area contributed by atoms with Gasteiger partial charge in [0.2, 0.25) is 0 Å². The highest BCUT2D eigenvalue weighted by Gasteiger charge is 2.10. The predicted octanol–water partition coefficient (Wildman–Crippen LogP) is 6.20. The third-order valence-corrected chi connectivity index (χ3v) is 5.59. The summed E-state index contributed by atoms with van der Waals surface area (Å²) in [6.07, 6.45) is 7.68. The van der Waals surface area contributed by atoms with Crippen molar-refractivity contribution in [2.24, 2.45) is 0 Å². The summed E-state index contributed by atoms with van der Waals surface area (Å²) < 4.78 is 26.5. The van der Waals surface area contributed by atoms with Crippen LogP contribution >= 0.6 is 0 Å². The van der Waals surface area contributed by atoms with E-state index in [4.69, 9.17) is 23.7 Å². The smallest absolute Gasteiger partial charge is 0.343 e. The summed E-state index contributed by atoms with van der Waals surface area (Å²) in [4.78, 5) is 35.6. The Labute approximate surface area is 233 Å². The molecule has 0 atom stereocenters. The molecule has 208 valence electrons. The van der Waals surface area contributed by atoms with Crippen molar-refractivity contribution in [3.05, 3.63) is 103 Å². The Kier molecular flexibility index (Phi) is 12.0. The lowest BCUT2D eigenvalue weighted by Crippen LogP contribution is -2.08. The van der Waals surface area contributed by atoms with E-state index in [1.807, 2.05) is 12.1 Å². The van der Waals surface area contributed by atoms with Gasteiger partial charge in [-0.2, -0.15) is 0 Å². The molecule has 8 nitrogen and oxygen atoms in total. The van der Waals surface area contributed by atoms with Crippen molar-refractivity contribution < 1.29 is 38.1 Å². The fourth-order valence-electron chi connectivity index (χ4n) is 3.44. The second-order valence-electron chi connectivity index (χ2n) is 8.55. The molecule has 0 fully saturated rings. The van der Waals surface area contributed by atoms with Crippen molar-refractivity contribution in [2.45, 2.75) is 25.7 Å². The molecule has 0 N–H and O–H groups in total. The molecule has 0 unspecified atom stereocenters. The monoisotopic (exact) mass is 544 g/mol. The number of hydrogen-bond donors (Lipinski definition) is 0. The Morgan fingerprint density at radius 1 is 0.675 bits per heavy atom. The van der Waals surface area contributed by atoms with Gasteiger partial charge in [0.15, 0.2) is 0 Å². The van der Waals surface area contributed by atoms with Gasteiger partial charge in [-0.15, -0.1) is 0 Å². The Morgan fingerprint density at radius 3 is 1.88 bits per heavy atom. The summed E-state index contributed by atoms with van der Waals surface area (Å²) in [6, 6.07) is 20.1. The molecular formula is C32H32O8. The molecule has 3 rings (SSSR count). The van der Waals surface area contributed by atoms with Gasteiger partial charge in [-0.1, -0.05) is 18.7 Å². The minimum Gasteiger partial charge on any atom is -0.497 e. The summed E-state index contributed by atoms with van der Waals surface area (Å²) in [6.45, 7) is 4.29. The number of methoxy groups -OCH3 is 1. The van der Waals surface area contributed by atoms with Gasteiger partial charge in [-0.3, -0.25) is 0 Å². The fraction of sp³-hybridized carbons (Fsp3) is 0.219. The maximum absolute atomic E-state index is 12.5. The van der Waals surface area contributed by atoms with Crippen molar-refractivity contribution in [1.82, 2.24) is 0 Å². The number of carbonyl (C=O) groups is 3. The lowest BCUT2D eigenvalue weighted by Gasteiger charge is -2.08. The maximum atomic E-state index is 12.5. The molecule has 0 aliphatic rings. The van der Waals surface area contributed by atoms with Crippen LogP contribution in [0.15, 0.2) is 91.5 Å². The quantitative estimate of drug-likeness (QED) is 0.0965. The zero-order valence-corrected chi connectivity index (χ0v) is 22.4. The van der Waals surface area contributed by atoms with E-state index < -0.39 is 17.9 Å². The summed E-state index contributed by atoms with van der Waals surface area (Å²) in [7, 11) is 1.59. The van der Waals surface area contributed by atoms with E-state index in [9.17, 15) is 14.4 Å². The Morgan fingerprint density at radius 2 is 1.25 bits per heavy atom. The molecule has 0 aliphatic carbocycles. The number of ether oxygens (including phenoxy) is 5. The van der Waals surface area contributed by atoms with Gasteiger partial charge in [0, 0.05) is 12.2 Å². The van der Waals surface area contributed by atoms with Gasteiger partial charge in [0.25, 0.3) is 0 Å². The Hall–Kier alpha value is -4.85. The van der Waals surface area contributed by atoms with Crippen molar-refractivity contribution in [3.8, 4) is 23.0 Å². The zero-order valence-electron chi connectivity index (χ0n) is 22.4. The molecule has 3 aromatic rings. The van der Waals surface area contributed by atoms with E-state index in [1.165, 1.54) is 6.08 Å². The van der Waals surface area contributed by atoms with E-state index in [1.54, 1.807) is 73.8 Å². The van der Waals surface area contributed by atoms with Crippen LogP contribution in [0.4, 0.5) is 0 Å². The number of hydrogen-bond acceptors (Lipinski definition) is 8. The van der Waals surface area contributed by atoms with E-state index in [0.717, 1.165) is 43.1 Å². The first kappa shape index (κ1) is 29.7. The molecule has 0 saturated carbocycles. The predicted molar refractivity (Wildman–Crippen MR) is 151 cm³/mol. The van der Waals surface area contributed by atoms with Crippen LogP contribution in [0.2, 0.25) is 0 Å². The molecule has 0 aromatic heterocycles. The van der Waals surface area contributed by atoms with Crippen LogP contribution in [0, 0.1) is 0 Å². The average Bonchev–Trinajstić information content (AvgIpc) is 2.98. The second kappa shape index (κ2) is 16.2. The number of rotatable bonds is 15. The summed E-state index contributed by atoms with van der Waals surface area (Å²) in [5.74, 6) is 0.573. The minimum atomic E-state index is -0.533. The highest BCUT2D eigenvalue weighted by atomic mass is 16.5. The van der Waals surface area contributed by atoms with Gasteiger partial charge < -0.3 is 23.7 Å². The largest absolute Gasteiger partial charge is 0.497 e. The van der Waals surface area contributed by atoms with Gasteiger partial charge >= 0.3 is 17.9 Å². The number of benzene rings is 3. The van der Waals surface area contributed by atoms with Gasteiger partial charge in [-0.05, 0) is 98.0 Å². The third-order valence-electron chi connectivity index (χ3n) is 5.59. The van der Waals surface area contributed by atoms with Crippen LogP contribution in [-0.4, -0.2) is 38.2 Å². The molecule has 0 spiro atoms. The first-order valence-electron chi connectivity index (χ1n) is 12.8. The summed E-state index contributed by atoms with van der Waals surface area (Å²) in [5, 5.41) is 0. The minimum absolute atomic E-state index is 0.318. The Bertz CT molecular complexity index is 1280. The van der Waals surface area contributed by atoms with E-state index in [-0.39, 0.29) is 0 Å². The molecular weight excluding hydrogens is 512 g/mol. The topological polar surface area (TPSA) is 97.4 Å². The standard InChI is InChI=1S/C32H32O8/c1-3-30(33)38-23-7-5-4-6-22-37-27-15-11-25(12-16-27)32(35)40-29-19-17-28(18-20-29)39-31(34)21-10-24-8-13-26(36-2)14-9-24/h3,8-21H,1,4-7,22-23H2,2H3/b21-10+. The van der Waals surface area contributed by atoms with Crippen molar-refractivity contribution in [1.29, 1.82) is 0 Å². The SMILES string of the molecule is C=CC(=O)OCCCCCCOc1ccc(C(=O)Oc2ccc(OC(=O)/C=C/c3ccc(OC)cc3)cc2)cc1. The van der Waals surface area contributed by atoms with Crippen LogP contribution in [0.3, 0.4) is 0 Å². The number of esters is 3.